The van der Waals surface area contributed by atoms with Crippen molar-refractivity contribution in [1.82, 2.24) is 31.9 Å². The molecule has 0 saturated heterocycles. The van der Waals surface area contributed by atoms with Gasteiger partial charge >= 0.3 is 11.9 Å². The maximum absolute atomic E-state index is 14.0. The van der Waals surface area contributed by atoms with Crippen molar-refractivity contribution in [1.29, 1.82) is 0 Å². The Labute approximate surface area is 306 Å². The largest absolute Gasteiger partial charge is 0.508 e. The van der Waals surface area contributed by atoms with E-state index in [9.17, 15) is 53.7 Å². The molecule has 9 N–H and O–H groups in total. The Hall–Kier alpha value is -5.84. The van der Waals surface area contributed by atoms with Gasteiger partial charge in [-0.05, 0) is 42.6 Å². The monoisotopic (exact) mass is 740 g/mol. The van der Waals surface area contributed by atoms with Gasteiger partial charge in [0.2, 0.25) is 29.5 Å². The molecule has 5 atom stereocenters. The quantitative estimate of drug-likeness (QED) is 0.0824. The molecule has 0 aliphatic rings. The third kappa shape index (κ3) is 15.1. The Morgan fingerprint density at radius 1 is 0.604 bits per heavy atom. The van der Waals surface area contributed by atoms with Gasteiger partial charge in [0.05, 0.1) is 25.4 Å². The van der Waals surface area contributed by atoms with Crippen LogP contribution in [0.1, 0.15) is 51.7 Å². The molecule has 0 spiro atoms. The van der Waals surface area contributed by atoms with Gasteiger partial charge in [-0.3, -0.25) is 38.4 Å². The molecule has 0 aromatic heterocycles. The van der Waals surface area contributed by atoms with Gasteiger partial charge in [0.25, 0.3) is 0 Å². The number of ketones is 1. The fourth-order valence-corrected chi connectivity index (χ4v) is 5.30. The number of phenols is 1. The molecule has 2 aromatic rings. The van der Waals surface area contributed by atoms with Crippen LogP contribution in [0.2, 0.25) is 0 Å². The summed E-state index contributed by atoms with van der Waals surface area (Å²) in [6.07, 6.45) is -2.05. The van der Waals surface area contributed by atoms with Crippen LogP contribution in [0.15, 0.2) is 54.6 Å². The van der Waals surface area contributed by atoms with E-state index in [-0.39, 0.29) is 25.1 Å². The maximum atomic E-state index is 14.0. The summed E-state index contributed by atoms with van der Waals surface area (Å²) in [5, 5.41) is 43.6. The molecule has 2 rings (SSSR count). The summed E-state index contributed by atoms with van der Waals surface area (Å²) in [6.45, 7) is 6.11. The first-order valence-electron chi connectivity index (χ1n) is 16.7. The predicted octanol–water partition coefficient (Wildman–Crippen LogP) is -0.595. The lowest BCUT2D eigenvalue weighted by atomic mass is 9.84. The van der Waals surface area contributed by atoms with Gasteiger partial charge < -0.3 is 47.2 Å². The summed E-state index contributed by atoms with van der Waals surface area (Å²) >= 11 is 0. The molecule has 0 saturated carbocycles. The summed E-state index contributed by atoms with van der Waals surface area (Å²) in [5.74, 6) is -7.86. The van der Waals surface area contributed by atoms with Gasteiger partial charge in [0, 0.05) is 12.8 Å². The summed E-state index contributed by atoms with van der Waals surface area (Å²) in [6, 6.07) is 6.83. The van der Waals surface area contributed by atoms with E-state index in [0.717, 1.165) is 0 Å². The number of amides is 5. The van der Waals surface area contributed by atoms with Crippen molar-refractivity contribution in [2.24, 2.45) is 5.41 Å². The zero-order valence-corrected chi connectivity index (χ0v) is 30.2. The van der Waals surface area contributed by atoms with Crippen LogP contribution in [0, 0.1) is 5.41 Å². The summed E-state index contributed by atoms with van der Waals surface area (Å²) < 4.78 is 0. The number of aromatic hydroxyl groups is 1. The smallest absolute Gasteiger partial charge is 0.305 e. The van der Waals surface area contributed by atoms with Gasteiger partial charge in [0.15, 0.2) is 5.78 Å². The van der Waals surface area contributed by atoms with E-state index in [0.29, 0.717) is 11.1 Å². The molecule has 3 unspecified atom stereocenters. The molecule has 0 bridgehead atoms. The third-order valence-corrected chi connectivity index (χ3v) is 7.86. The molecular formula is C36H48N6O11. The van der Waals surface area contributed by atoms with E-state index in [1.165, 1.54) is 38.2 Å². The van der Waals surface area contributed by atoms with E-state index < -0.39 is 95.7 Å². The Bertz CT molecular complexity index is 1630. The third-order valence-electron chi connectivity index (χ3n) is 7.86. The lowest BCUT2D eigenvalue weighted by Crippen LogP contribution is -2.60. The molecule has 5 amide bonds. The van der Waals surface area contributed by atoms with Crippen LogP contribution >= 0.6 is 0 Å². The van der Waals surface area contributed by atoms with E-state index >= 15 is 0 Å². The minimum Gasteiger partial charge on any atom is -0.508 e. The number of rotatable bonds is 20. The molecule has 17 nitrogen and oxygen atoms in total. The van der Waals surface area contributed by atoms with Gasteiger partial charge in [-0.25, -0.2) is 0 Å². The second-order valence-corrected chi connectivity index (χ2v) is 13.5. The Morgan fingerprint density at radius 3 is 1.45 bits per heavy atom. The van der Waals surface area contributed by atoms with E-state index in [1.54, 1.807) is 51.1 Å². The maximum Gasteiger partial charge on any atom is 0.305 e. The van der Waals surface area contributed by atoms with Crippen LogP contribution in [-0.2, 0) is 51.2 Å². The number of Topliss-reactive ketones (excluding diaryl/α,β-unsaturated/α-hetero) is 1. The Morgan fingerprint density at radius 2 is 1.02 bits per heavy atom. The van der Waals surface area contributed by atoms with Crippen molar-refractivity contribution in [2.75, 3.05) is 13.6 Å². The topological polar surface area (TPSA) is 269 Å². The fraction of sp³-hybridized carbons (Fsp3) is 0.444. The lowest BCUT2D eigenvalue weighted by Gasteiger charge is -2.31. The Kier molecular flexibility index (Phi) is 16.6. The van der Waals surface area contributed by atoms with E-state index in [2.05, 4.69) is 31.9 Å². The second-order valence-electron chi connectivity index (χ2n) is 13.5. The lowest BCUT2D eigenvalue weighted by molar-refractivity contribution is -0.142. The standard InChI is InChI=1S/C36H48N6O11/c1-20(43)31(36(2,3)4)42-35(53)27(18-30(48)49)41-33(51)25(16-22-11-13-23(44)14-12-22)39-32(50)24(15-21-9-7-6-8-10-21)40-34(52)26(17-29(46)47)38-28(45)19-37-5/h6-14,24-27,31,37,44H,15-19H2,1-5H3,(H,38,45)(H,39,50)(H,40,52)(H,41,51)(H,42,53)(H,46,47)(H,48,49)/t24-,25?,26?,27-,31?/m0/s1. The highest BCUT2D eigenvalue weighted by Gasteiger charge is 2.36. The highest BCUT2D eigenvalue weighted by atomic mass is 16.4. The van der Waals surface area contributed by atoms with Gasteiger partial charge in [-0.15, -0.1) is 0 Å². The summed E-state index contributed by atoms with van der Waals surface area (Å²) in [5.41, 5.74) is 0.245. The number of carboxylic acid groups (broad SMARTS) is 2. The van der Waals surface area contributed by atoms with Crippen molar-refractivity contribution in [2.45, 2.75) is 83.6 Å². The number of benzene rings is 2. The van der Waals surface area contributed by atoms with Crippen LogP contribution in [0.3, 0.4) is 0 Å². The molecule has 2 aromatic carbocycles. The number of carbonyl (C=O) groups is 8. The van der Waals surface area contributed by atoms with Crippen molar-refractivity contribution in [3.05, 3.63) is 65.7 Å². The van der Waals surface area contributed by atoms with Crippen molar-refractivity contribution in [3.8, 4) is 5.75 Å². The minimum atomic E-state index is -1.68. The second kappa shape index (κ2) is 20.3. The molecule has 0 heterocycles. The zero-order chi connectivity index (χ0) is 39.9. The number of carbonyl (C=O) groups excluding carboxylic acids is 6. The van der Waals surface area contributed by atoms with Crippen LogP contribution in [-0.4, -0.2) is 106 Å². The number of hydrogen-bond acceptors (Lipinski definition) is 10. The average Bonchev–Trinajstić information content (AvgIpc) is 3.06. The van der Waals surface area contributed by atoms with Gasteiger partial charge in [-0.1, -0.05) is 63.2 Å². The molecule has 0 fully saturated rings. The van der Waals surface area contributed by atoms with E-state index in [1.807, 2.05) is 0 Å². The zero-order valence-electron chi connectivity index (χ0n) is 30.2. The normalized spacial score (nSPS) is 13.9. The number of nitrogens with one attached hydrogen (secondary N) is 6. The SMILES string of the molecule is CNCC(=O)NC(CC(=O)O)C(=O)N[C@@H](Cc1ccccc1)C(=O)NC(Cc1ccc(O)cc1)C(=O)N[C@@H](CC(=O)O)C(=O)NC(C(C)=O)C(C)(C)C. The summed E-state index contributed by atoms with van der Waals surface area (Å²) in [7, 11) is 1.47. The molecule has 17 heteroatoms. The Balaban J connectivity index is 2.49. The highest BCUT2D eigenvalue weighted by molar-refractivity contribution is 5.98. The minimum absolute atomic E-state index is 0.0841. The number of carboxylic acids is 2. The fourth-order valence-electron chi connectivity index (χ4n) is 5.30. The number of likely N-dealkylation sites (N-methyl/N-ethyl adjacent to an activating group) is 1. The first-order valence-corrected chi connectivity index (χ1v) is 16.7. The van der Waals surface area contributed by atoms with Crippen molar-refractivity contribution in [3.63, 3.8) is 0 Å². The van der Waals surface area contributed by atoms with Crippen LogP contribution in [0.5, 0.6) is 5.75 Å². The molecule has 0 aliphatic carbocycles. The molecule has 53 heavy (non-hydrogen) atoms. The van der Waals surface area contributed by atoms with Gasteiger partial charge in [0.1, 0.15) is 29.9 Å². The average molecular weight is 741 g/mol. The number of aliphatic carboxylic acids is 2. The molecule has 0 aliphatic heterocycles. The van der Waals surface area contributed by atoms with Gasteiger partial charge in [-0.2, -0.15) is 0 Å². The van der Waals surface area contributed by atoms with Crippen molar-refractivity contribution >= 4 is 47.3 Å². The van der Waals surface area contributed by atoms with Crippen LogP contribution < -0.4 is 31.9 Å². The first kappa shape index (κ1) is 43.3. The van der Waals surface area contributed by atoms with Crippen LogP contribution in [0.4, 0.5) is 0 Å². The number of hydrogen-bond donors (Lipinski definition) is 9. The number of phenolic OH excluding ortho intramolecular Hbond substituents is 1. The summed E-state index contributed by atoms with van der Waals surface area (Å²) in [4.78, 5) is 102. The molecular weight excluding hydrogens is 692 g/mol. The highest BCUT2D eigenvalue weighted by Crippen LogP contribution is 2.20. The molecule has 288 valence electrons. The molecule has 0 radical (unpaired) electrons. The van der Waals surface area contributed by atoms with Crippen molar-refractivity contribution < 1.29 is 53.7 Å². The first-order chi connectivity index (χ1) is 24.8. The predicted molar refractivity (Wildman–Crippen MR) is 190 cm³/mol. The van der Waals surface area contributed by atoms with Crippen LogP contribution in [0.25, 0.3) is 0 Å². The van der Waals surface area contributed by atoms with E-state index in [4.69, 9.17) is 0 Å².